The first-order valence-corrected chi connectivity index (χ1v) is 11.9. The van der Waals surface area contributed by atoms with Crippen LogP contribution in [0.1, 0.15) is 41.2 Å². The van der Waals surface area contributed by atoms with Crippen LogP contribution in [0.4, 0.5) is 8.78 Å². The molecule has 0 fully saturated rings. The molecule has 192 valence electrons. The average Bonchev–Trinajstić information content (AvgIpc) is 2.88. The molecule has 7 nitrogen and oxygen atoms in total. The van der Waals surface area contributed by atoms with Gasteiger partial charge in [0.1, 0.15) is 29.9 Å². The summed E-state index contributed by atoms with van der Waals surface area (Å²) in [4.78, 5) is 26.4. The Hall–Kier alpha value is -3.69. The summed E-state index contributed by atoms with van der Waals surface area (Å²) >= 11 is 6.34. The lowest BCUT2D eigenvalue weighted by atomic mass is 10.1. The van der Waals surface area contributed by atoms with E-state index in [1.54, 1.807) is 25.3 Å². The first kappa shape index (κ1) is 26.4. The van der Waals surface area contributed by atoms with Crippen LogP contribution in [-0.4, -0.2) is 31.2 Å². The summed E-state index contributed by atoms with van der Waals surface area (Å²) in [6, 6.07) is 9.39. The fourth-order valence-corrected chi connectivity index (χ4v) is 3.98. The number of halogens is 3. The van der Waals surface area contributed by atoms with E-state index in [2.05, 4.69) is 15.0 Å². The molecule has 37 heavy (non-hydrogen) atoms. The molecule has 0 spiro atoms. The van der Waals surface area contributed by atoms with Gasteiger partial charge in [0.2, 0.25) is 5.88 Å². The van der Waals surface area contributed by atoms with Crippen LogP contribution >= 0.6 is 11.6 Å². The number of hydrogen-bond donors (Lipinski definition) is 1. The largest absolute Gasteiger partial charge is 0.471 e. The van der Waals surface area contributed by atoms with Gasteiger partial charge in [-0.05, 0) is 50.1 Å². The van der Waals surface area contributed by atoms with Crippen molar-refractivity contribution < 1.29 is 18.6 Å². The summed E-state index contributed by atoms with van der Waals surface area (Å²) in [6.07, 6.45) is 1.62. The van der Waals surface area contributed by atoms with Crippen LogP contribution < -0.4 is 10.3 Å². The zero-order valence-corrected chi connectivity index (χ0v) is 21.5. The maximum absolute atomic E-state index is 14.1. The van der Waals surface area contributed by atoms with Gasteiger partial charge in [-0.25, -0.2) is 18.7 Å². The zero-order chi connectivity index (χ0) is 26.9. The standard InChI is InChI=1S/C27H25ClF2N4O3/c1-14-5-6-18(22-7-8-31-25(33-22)16(3)12-35)10-23(14)34-17(4)32-26(24(28)27(34)36)37-13-19-9-15(2)20(29)11-21(19)30/h5-11,16,35H,12-13H2,1-4H3. The summed E-state index contributed by atoms with van der Waals surface area (Å²) in [7, 11) is 0. The molecule has 1 unspecified atom stereocenters. The van der Waals surface area contributed by atoms with Crippen LogP contribution in [0.5, 0.6) is 5.88 Å². The van der Waals surface area contributed by atoms with E-state index in [0.717, 1.165) is 17.2 Å². The fraction of sp³-hybridized carbons (Fsp3) is 0.259. The van der Waals surface area contributed by atoms with Gasteiger partial charge in [-0.1, -0.05) is 30.7 Å². The van der Waals surface area contributed by atoms with Crippen molar-refractivity contribution in [3.8, 4) is 22.8 Å². The lowest BCUT2D eigenvalue weighted by Gasteiger charge is -2.16. The second-order valence-corrected chi connectivity index (χ2v) is 9.16. The number of aromatic nitrogens is 4. The molecule has 2 heterocycles. The Morgan fingerprint density at radius 1 is 1.05 bits per heavy atom. The minimum Gasteiger partial charge on any atom is -0.471 e. The van der Waals surface area contributed by atoms with E-state index in [0.29, 0.717) is 23.0 Å². The molecule has 2 aromatic carbocycles. The smallest absolute Gasteiger partial charge is 0.280 e. The van der Waals surface area contributed by atoms with Crippen molar-refractivity contribution in [2.45, 2.75) is 40.2 Å². The van der Waals surface area contributed by atoms with Crippen molar-refractivity contribution in [1.29, 1.82) is 0 Å². The van der Waals surface area contributed by atoms with Crippen LogP contribution in [0.25, 0.3) is 16.9 Å². The molecule has 0 aliphatic carbocycles. The van der Waals surface area contributed by atoms with Gasteiger partial charge in [-0.3, -0.25) is 9.36 Å². The quantitative estimate of drug-likeness (QED) is 0.355. The first-order chi connectivity index (χ1) is 17.6. The maximum Gasteiger partial charge on any atom is 0.280 e. The molecule has 1 N–H and O–H groups in total. The molecule has 0 saturated carbocycles. The van der Waals surface area contributed by atoms with Crippen LogP contribution in [0.2, 0.25) is 5.02 Å². The SMILES string of the molecule is Cc1cc(COc2nc(C)n(-c3cc(-c4ccnc(C(C)CO)n4)ccc3C)c(=O)c2Cl)c(F)cc1F. The number of aliphatic hydroxyl groups excluding tert-OH is 1. The summed E-state index contributed by atoms with van der Waals surface area (Å²) in [6.45, 7) is 6.46. The van der Waals surface area contributed by atoms with Gasteiger partial charge in [0.15, 0.2) is 5.02 Å². The Morgan fingerprint density at radius 2 is 1.81 bits per heavy atom. The molecule has 0 aliphatic heterocycles. The third-order valence-electron chi connectivity index (χ3n) is 5.99. The monoisotopic (exact) mass is 526 g/mol. The van der Waals surface area contributed by atoms with Gasteiger partial charge in [-0.2, -0.15) is 4.98 Å². The first-order valence-electron chi connectivity index (χ1n) is 11.5. The number of aliphatic hydroxyl groups is 1. The van der Waals surface area contributed by atoms with E-state index >= 15 is 0 Å². The molecule has 0 radical (unpaired) electrons. The highest BCUT2D eigenvalue weighted by atomic mass is 35.5. The van der Waals surface area contributed by atoms with E-state index in [1.807, 2.05) is 26.0 Å². The Morgan fingerprint density at radius 3 is 2.54 bits per heavy atom. The van der Waals surface area contributed by atoms with Crippen molar-refractivity contribution in [3.05, 3.63) is 97.9 Å². The maximum atomic E-state index is 14.1. The lowest BCUT2D eigenvalue weighted by Crippen LogP contribution is -2.24. The predicted octanol–water partition coefficient (Wildman–Crippen LogP) is 5.22. The van der Waals surface area contributed by atoms with Crippen molar-refractivity contribution in [2.75, 3.05) is 6.61 Å². The molecule has 4 rings (SSSR count). The third kappa shape index (κ3) is 5.38. The Bertz CT molecular complexity index is 1540. The topological polar surface area (TPSA) is 90.1 Å². The molecule has 4 aromatic rings. The summed E-state index contributed by atoms with van der Waals surface area (Å²) < 4.78 is 34.6. The molecule has 1 atom stereocenters. The van der Waals surface area contributed by atoms with Gasteiger partial charge < -0.3 is 9.84 Å². The second-order valence-electron chi connectivity index (χ2n) is 8.79. The van der Waals surface area contributed by atoms with E-state index < -0.39 is 17.2 Å². The molecule has 2 aromatic heterocycles. The highest BCUT2D eigenvalue weighted by molar-refractivity contribution is 6.31. The van der Waals surface area contributed by atoms with E-state index in [4.69, 9.17) is 16.3 Å². The minimum absolute atomic E-state index is 0.0802. The van der Waals surface area contributed by atoms with Gasteiger partial charge in [-0.15, -0.1) is 0 Å². The Labute approximate surface area is 217 Å². The number of nitrogens with zero attached hydrogens (tertiary/aromatic N) is 4. The molecule has 0 bridgehead atoms. The van der Waals surface area contributed by atoms with Crippen molar-refractivity contribution in [1.82, 2.24) is 19.5 Å². The Kier molecular flexibility index (Phi) is 7.65. The van der Waals surface area contributed by atoms with Crippen molar-refractivity contribution >= 4 is 11.6 Å². The van der Waals surface area contributed by atoms with Crippen LogP contribution in [-0.2, 0) is 6.61 Å². The summed E-state index contributed by atoms with van der Waals surface area (Å²) in [5.74, 6) is -0.980. The van der Waals surface area contributed by atoms with Gasteiger partial charge >= 0.3 is 0 Å². The van der Waals surface area contributed by atoms with Crippen LogP contribution in [0, 0.1) is 32.4 Å². The normalized spacial score (nSPS) is 12.0. The number of ether oxygens (including phenoxy) is 1. The highest BCUT2D eigenvalue weighted by Gasteiger charge is 2.19. The van der Waals surface area contributed by atoms with Gasteiger partial charge in [0.25, 0.3) is 5.56 Å². The van der Waals surface area contributed by atoms with Crippen molar-refractivity contribution in [3.63, 3.8) is 0 Å². The molecule has 0 aliphatic rings. The molecular formula is C27H25ClF2N4O3. The Balaban J connectivity index is 1.71. The zero-order valence-electron chi connectivity index (χ0n) is 20.7. The van der Waals surface area contributed by atoms with E-state index in [-0.39, 0.29) is 41.2 Å². The second kappa shape index (κ2) is 10.7. The lowest BCUT2D eigenvalue weighted by molar-refractivity contribution is 0.269. The van der Waals surface area contributed by atoms with E-state index in [1.165, 1.54) is 17.6 Å². The number of benzene rings is 2. The molecule has 10 heteroatoms. The average molecular weight is 527 g/mol. The number of hydrogen-bond acceptors (Lipinski definition) is 6. The van der Waals surface area contributed by atoms with Gasteiger partial charge in [0, 0.05) is 29.3 Å². The minimum atomic E-state index is -0.766. The van der Waals surface area contributed by atoms with Crippen molar-refractivity contribution in [2.24, 2.45) is 0 Å². The fourth-order valence-electron chi connectivity index (χ4n) is 3.80. The number of aryl methyl sites for hydroxylation is 3. The molecular weight excluding hydrogens is 502 g/mol. The van der Waals surface area contributed by atoms with E-state index in [9.17, 15) is 18.7 Å². The molecule has 0 saturated heterocycles. The highest BCUT2D eigenvalue weighted by Crippen LogP contribution is 2.27. The van der Waals surface area contributed by atoms with Crippen LogP contribution in [0.3, 0.4) is 0 Å². The predicted molar refractivity (Wildman–Crippen MR) is 136 cm³/mol. The number of rotatable bonds is 7. The van der Waals surface area contributed by atoms with Gasteiger partial charge in [0.05, 0.1) is 18.0 Å². The molecule has 0 amide bonds. The third-order valence-corrected chi connectivity index (χ3v) is 6.32. The summed E-state index contributed by atoms with van der Waals surface area (Å²) in [5, 5.41) is 9.18. The summed E-state index contributed by atoms with van der Waals surface area (Å²) in [5.41, 5.74) is 2.54. The van der Waals surface area contributed by atoms with Crippen LogP contribution in [0.15, 0.2) is 47.4 Å².